The van der Waals surface area contributed by atoms with Gasteiger partial charge in [0.1, 0.15) is 6.07 Å². The second kappa shape index (κ2) is 3.19. The molecule has 0 radical (unpaired) electrons. The number of hydrogen-bond donors (Lipinski definition) is 0. The first kappa shape index (κ1) is 8.48. The van der Waals surface area contributed by atoms with E-state index in [1.807, 2.05) is 19.9 Å². The molecule has 1 aromatic carbocycles. The first-order valence-corrected chi connectivity index (χ1v) is 3.67. The van der Waals surface area contributed by atoms with Gasteiger partial charge < -0.3 is 0 Å². The Hall–Kier alpha value is -1.62. The molecule has 1 rings (SSSR count). The normalized spacial score (nSPS) is 9.08. The van der Waals surface area contributed by atoms with Crippen molar-refractivity contribution in [2.45, 2.75) is 13.8 Å². The zero-order valence-corrected chi connectivity index (χ0v) is 7.09. The molecular weight excluding hydrogens is 150 g/mol. The van der Waals surface area contributed by atoms with Gasteiger partial charge in [0.05, 0.1) is 0 Å². The number of Topliss-reactive ketones (excluding diaryl/α,β-unsaturated/α-hetero) is 1. The molecule has 0 aliphatic rings. The summed E-state index contributed by atoms with van der Waals surface area (Å²) < 4.78 is 0. The zero-order valence-electron chi connectivity index (χ0n) is 7.09. The zero-order chi connectivity index (χ0) is 9.14. The standard InChI is InChI=1S/C10H9NO/c1-7-3-4-9(5-8(7)2)10(12)6-11/h3-5H,1-2H3. The molecule has 0 atom stereocenters. The maximum atomic E-state index is 10.9. The van der Waals surface area contributed by atoms with Gasteiger partial charge in [-0.25, -0.2) is 0 Å². The lowest BCUT2D eigenvalue weighted by Crippen LogP contribution is -1.95. The fourth-order valence-corrected chi connectivity index (χ4v) is 0.947. The van der Waals surface area contributed by atoms with Gasteiger partial charge in [-0.2, -0.15) is 5.26 Å². The minimum absolute atomic E-state index is 0.473. The van der Waals surface area contributed by atoms with Crippen molar-refractivity contribution in [1.29, 1.82) is 5.26 Å². The van der Waals surface area contributed by atoms with E-state index in [0.717, 1.165) is 11.1 Å². The lowest BCUT2D eigenvalue weighted by atomic mass is 10.0. The molecule has 0 aliphatic heterocycles. The Morgan fingerprint density at radius 2 is 2.00 bits per heavy atom. The van der Waals surface area contributed by atoms with Gasteiger partial charge in [0.15, 0.2) is 0 Å². The van der Waals surface area contributed by atoms with E-state index in [4.69, 9.17) is 5.26 Å². The van der Waals surface area contributed by atoms with Crippen molar-refractivity contribution in [3.05, 3.63) is 34.9 Å². The number of rotatable bonds is 1. The largest absolute Gasteiger partial charge is 0.277 e. The van der Waals surface area contributed by atoms with Crippen molar-refractivity contribution in [3.63, 3.8) is 0 Å². The Labute approximate surface area is 71.4 Å². The summed E-state index contributed by atoms with van der Waals surface area (Å²) in [6.45, 7) is 3.89. The summed E-state index contributed by atoms with van der Waals surface area (Å²) in [6, 6.07) is 6.85. The Kier molecular flexibility index (Phi) is 2.25. The molecule has 0 heterocycles. The van der Waals surface area contributed by atoms with Crippen molar-refractivity contribution in [2.24, 2.45) is 0 Å². The van der Waals surface area contributed by atoms with E-state index in [-0.39, 0.29) is 0 Å². The van der Waals surface area contributed by atoms with Crippen LogP contribution in [-0.2, 0) is 0 Å². The molecule has 12 heavy (non-hydrogen) atoms. The van der Waals surface area contributed by atoms with Crippen molar-refractivity contribution in [2.75, 3.05) is 0 Å². The average Bonchev–Trinajstić information content (AvgIpc) is 2.08. The molecule has 0 saturated heterocycles. The van der Waals surface area contributed by atoms with Gasteiger partial charge in [-0.15, -0.1) is 0 Å². The number of ketones is 1. The van der Waals surface area contributed by atoms with Crippen LogP contribution < -0.4 is 0 Å². The summed E-state index contributed by atoms with van der Waals surface area (Å²) >= 11 is 0. The van der Waals surface area contributed by atoms with Gasteiger partial charge in [0, 0.05) is 5.56 Å². The first-order valence-electron chi connectivity index (χ1n) is 3.67. The molecule has 0 bridgehead atoms. The monoisotopic (exact) mass is 159 g/mol. The molecule has 0 fully saturated rings. The van der Waals surface area contributed by atoms with Gasteiger partial charge >= 0.3 is 0 Å². The molecule has 2 nitrogen and oxygen atoms in total. The van der Waals surface area contributed by atoms with Crippen LogP contribution in [-0.4, -0.2) is 5.78 Å². The molecule has 0 amide bonds. The van der Waals surface area contributed by atoms with Crippen LogP contribution in [0.4, 0.5) is 0 Å². The van der Waals surface area contributed by atoms with Crippen LogP contribution in [0.2, 0.25) is 0 Å². The molecular formula is C10H9NO. The van der Waals surface area contributed by atoms with Crippen LogP contribution in [0.15, 0.2) is 18.2 Å². The third-order valence-electron chi connectivity index (χ3n) is 1.87. The van der Waals surface area contributed by atoms with E-state index >= 15 is 0 Å². The highest BCUT2D eigenvalue weighted by atomic mass is 16.1. The molecule has 60 valence electrons. The predicted octanol–water partition coefficient (Wildman–Crippen LogP) is 2.01. The van der Waals surface area contributed by atoms with Crippen molar-refractivity contribution < 1.29 is 4.79 Å². The van der Waals surface area contributed by atoms with Crippen LogP contribution in [0, 0.1) is 25.2 Å². The summed E-state index contributed by atoms with van der Waals surface area (Å²) in [4.78, 5) is 10.9. The lowest BCUT2D eigenvalue weighted by molar-refractivity contribution is 0.105. The molecule has 2 heteroatoms. The van der Waals surface area contributed by atoms with Crippen molar-refractivity contribution in [1.82, 2.24) is 0 Å². The number of carbonyl (C=O) groups excluding carboxylic acids is 1. The quantitative estimate of drug-likeness (QED) is 0.464. The molecule has 0 aromatic heterocycles. The summed E-state index contributed by atoms with van der Waals surface area (Å²) in [5, 5.41) is 8.35. The summed E-state index contributed by atoms with van der Waals surface area (Å²) in [6.07, 6.45) is 0. The van der Waals surface area contributed by atoms with Crippen LogP contribution in [0.1, 0.15) is 21.5 Å². The Morgan fingerprint density at radius 3 is 2.50 bits per heavy atom. The SMILES string of the molecule is Cc1ccc(C(=O)C#N)cc1C. The molecule has 0 spiro atoms. The van der Waals surface area contributed by atoms with Crippen LogP contribution in [0.25, 0.3) is 0 Å². The second-order valence-electron chi connectivity index (χ2n) is 2.74. The van der Waals surface area contributed by atoms with Crippen LogP contribution in [0.5, 0.6) is 0 Å². The third-order valence-corrected chi connectivity index (χ3v) is 1.87. The number of aryl methyl sites for hydroxylation is 2. The smallest absolute Gasteiger partial charge is 0.262 e. The van der Waals surface area contributed by atoms with Crippen molar-refractivity contribution >= 4 is 5.78 Å². The summed E-state index contributed by atoms with van der Waals surface area (Å²) in [7, 11) is 0. The van der Waals surface area contributed by atoms with E-state index < -0.39 is 5.78 Å². The third kappa shape index (κ3) is 1.51. The van der Waals surface area contributed by atoms with E-state index in [1.165, 1.54) is 0 Å². The summed E-state index contributed by atoms with van der Waals surface area (Å²) in [5.41, 5.74) is 2.64. The fourth-order valence-electron chi connectivity index (χ4n) is 0.947. The van der Waals surface area contributed by atoms with E-state index in [2.05, 4.69) is 0 Å². The number of hydrogen-bond acceptors (Lipinski definition) is 2. The van der Waals surface area contributed by atoms with E-state index in [0.29, 0.717) is 5.56 Å². The molecule has 0 saturated carbocycles. The highest BCUT2D eigenvalue weighted by Gasteiger charge is 2.03. The van der Waals surface area contributed by atoms with Gasteiger partial charge in [0.2, 0.25) is 0 Å². The van der Waals surface area contributed by atoms with Gasteiger partial charge in [-0.3, -0.25) is 4.79 Å². The number of nitriles is 1. The molecule has 1 aromatic rings. The van der Waals surface area contributed by atoms with Gasteiger partial charge in [-0.05, 0) is 31.0 Å². The minimum Gasteiger partial charge on any atom is -0.277 e. The maximum absolute atomic E-state index is 10.9. The van der Waals surface area contributed by atoms with Gasteiger partial charge in [0.25, 0.3) is 5.78 Å². The first-order chi connectivity index (χ1) is 5.65. The fraction of sp³-hybridized carbons (Fsp3) is 0.200. The minimum atomic E-state index is -0.474. The number of carbonyl (C=O) groups is 1. The molecule has 0 aliphatic carbocycles. The Morgan fingerprint density at radius 1 is 1.33 bits per heavy atom. The Bertz CT molecular complexity index is 361. The predicted molar refractivity (Wildman–Crippen MR) is 45.9 cm³/mol. The molecule has 0 N–H and O–H groups in total. The van der Waals surface area contributed by atoms with E-state index in [9.17, 15) is 4.79 Å². The topological polar surface area (TPSA) is 40.9 Å². The van der Waals surface area contributed by atoms with Crippen LogP contribution >= 0.6 is 0 Å². The summed E-state index contributed by atoms with van der Waals surface area (Å²) in [5.74, 6) is -0.474. The van der Waals surface area contributed by atoms with Crippen LogP contribution in [0.3, 0.4) is 0 Å². The Balaban J connectivity index is 3.15. The maximum Gasteiger partial charge on any atom is 0.262 e. The lowest BCUT2D eigenvalue weighted by Gasteiger charge is -1.99. The highest BCUT2D eigenvalue weighted by molar-refractivity contribution is 6.07. The number of benzene rings is 1. The average molecular weight is 159 g/mol. The van der Waals surface area contributed by atoms with E-state index in [1.54, 1.807) is 18.2 Å². The van der Waals surface area contributed by atoms with Crippen molar-refractivity contribution in [3.8, 4) is 6.07 Å². The number of nitrogens with zero attached hydrogens (tertiary/aromatic N) is 1. The highest BCUT2D eigenvalue weighted by Crippen LogP contribution is 2.09. The molecule has 0 unspecified atom stereocenters. The van der Waals surface area contributed by atoms with Gasteiger partial charge in [-0.1, -0.05) is 12.1 Å². The second-order valence-corrected chi connectivity index (χ2v) is 2.74.